The quantitative estimate of drug-likeness (QED) is 0.841. The van der Waals surface area contributed by atoms with Crippen molar-refractivity contribution >= 4 is 11.6 Å². The van der Waals surface area contributed by atoms with Crippen molar-refractivity contribution in [2.75, 3.05) is 7.11 Å². The first-order valence-corrected chi connectivity index (χ1v) is 8.36. The highest BCUT2D eigenvalue weighted by Crippen LogP contribution is 2.38. The topological polar surface area (TPSA) is 21.3 Å². The van der Waals surface area contributed by atoms with Gasteiger partial charge in [-0.2, -0.15) is 0 Å². The van der Waals surface area contributed by atoms with Crippen molar-refractivity contribution in [1.29, 1.82) is 0 Å². The van der Waals surface area contributed by atoms with Crippen molar-refractivity contribution < 1.29 is 4.74 Å². The molecule has 0 bridgehead atoms. The number of halogens is 1. The van der Waals surface area contributed by atoms with Crippen LogP contribution in [0, 0.1) is 11.3 Å². The van der Waals surface area contributed by atoms with Crippen LogP contribution in [0.5, 0.6) is 5.75 Å². The lowest BCUT2D eigenvalue weighted by Crippen LogP contribution is -2.44. The van der Waals surface area contributed by atoms with Gasteiger partial charge < -0.3 is 10.1 Å². The van der Waals surface area contributed by atoms with Gasteiger partial charge in [0.05, 0.1) is 7.11 Å². The predicted molar refractivity (Wildman–Crippen MR) is 90.0 cm³/mol. The third kappa shape index (κ3) is 4.14. The summed E-state index contributed by atoms with van der Waals surface area (Å²) in [6.45, 7) is 7.84. The van der Waals surface area contributed by atoms with E-state index in [1.54, 1.807) is 7.11 Å². The van der Waals surface area contributed by atoms with Gasteiger partial charge >= 0.3 is 0 Å². The van der Waals surface area contributed by atoms with Crippen LogP contribution in [0.1, 0.15) is 52.0 Å². The van der Waals surface area contributed by atoms with Gasteiger partial charge in [-0.15, -0.1) is 0 Å². The predicted octanol–water partition coefficient (Wildman–Crippen LogP) is 5.04. The fraction of sp³-hybridized carbons (Fsp3) is 0.667. The lowest BCUT2D eigenvalue weighted by atomic mass is 9.69. The Balaban J connectivity index is 2.08. The molecule has 1 aliphatic rings. The Hall–Kier alpha value is -0.730. The van der Waals surface area contributed by atoms with E-state index in [0.29, 0.717) is 11.5 Å². The maximum Gasteiger partial charge on any atom is 0.124 e. The molecule has 2 unspecified atom stereocenters. The zero-order valence-corrected chi connectivity index (χ0v) is 14.5. The van der Waals surface area contributed by atoms with Crippen molar-refractivity contribution in [3.63, 3.8) is 0 Å². The Morgan fingerprint density at radius 3 is 2.62 bits per heavy atom. The Labute approximate surface area is 134 Å². The SMILES string of the molecule is COc1cccc(Cl)c1CNC1CCCCC1C(C)(C)C. The second-order valence-electron chi connectivity index (χ2n) is 7.17. The summed E-state index contributed by atoms with van der Waals surface area (Å²) in [7, 11) is 1.70. The highest BCUT2D eigenvalue weighted by atomic mass is 35.5. The Kier molecular flexibility index (Phi) is 5.56. The molecule has 2 rings (SSSR count). The minimum absolute atomic E-state index is 0.350. The van der Waals surface area contributed by atoms with Gasteiger partial charge in [-0.1, -0.05) is 51.3 Å². The monoisotopic (exact) mass is 309 g/mol. The van der Waals surface area contributed by atoms with E-state index in [1.165, 1.54) is 25.7 Å². The third-order valence-electron chi connectivity index (χ3n) is 4.72. The number of hydrogen-bond acceptors (Lipinski definition) is 2. The number of methoxy groups -OCH3 is 1. The van der Waals surface area contributed by atoms with Crippen LogP contribution in [0.2, 0.25) is 5.02 Å². The van der Waals surface area contributed by atoms with E-state index in [2.05, 4.69) is 26.1 Å². The molecule has 1 N–H and O–H groups in total. The average Bonchev–Trinajstić information content (AvgIpc) is 2.45. The average molecular weight is 310 g/mol. The fourth-order valence-corrected chi connectivity index (χ4v) is 3.78. The largest absolute Gasteiger partial charge is 0.496 e. The zero-order valence-electron chi connectivity index (χ0n) is 13.7. The third-order valence-corrected chi connectivity index (χ3v) is 5.07. The Bertz CT molecular complexity index is 467. The van der Waals surface area contributed by atoms with Gasteiger partial charge in [0.2, 0.25) is 0 Å². The number of rotatable bonds is 4. The van der Waals surface area contributed by atoms with E-state index in [4.69, 9.17) is 16.3 Å². The van der Waals surface area contributed by atoms with E-state index in [0.717, 1.165) is 28.8 Å². The van der Waals surface area contributed by atoms with Crippen LogP contribution < -0.4 is 10.1 Å². The van der Waals surface area contributed by atoms with Crippen LogP contribution in [0.3, 0.4) is 0 Å². The van der Waals surface area contributed by atoms with Crippen molar-refractivity contribution in [1.82, 2.24) is 5.32 Å². The zero-order chi connectivity index (χ0) is 15.5. The number of nitrogens with one attached hydrogen (secondary N) is 1. The molecule has 0 amide bonds. The summed E-state index contributed by atoms with van der Waals surface area (Å²) in [6, 6.07) is 6.41. The van der Waals surface area contributed by atoms with Crippen molar-refractivity contribution in [2.24, 2.45) is 11.3 Å². The smallest absolute Gasteiger partial charge is 0.124 e. The molecule has 0 saturated heterocycles. The molecule has 118 valence electrons. The molecule has 0 aliphatic heterocycles. The Morgan fingerprint density at radius 2 is 1.95 bits per heavy atom. The summed E-state index contributed by atoms with van der Waals surface area (Å²) in [5.74, 6) is 1.60. The fourth-order valence-electron chi connectivity index (χ4n) is 3.55. The van der Waals surface area contributed by atoms with Gasteiger partial charge in [-0.05, 0) is 36.3 Å². The van der Waals surface area contributed by atoms with Crippen LogP contribution in [-0.2, 0) is 6.54 Å². The highest BCUT2D eigenvalue weighted by molar-refractivity contribution is 6.31. The maximum atomic E-state index is 6.33. The summed E-state index contributed by atoms with van der Waals surface area (Å²) < 4.78 is 5.44. The number of ether oxygens (including phenoxy) is 1. The minimum atomic E-state index is 0.350. The van der Waals surface area contributed by atoms with Gasteiger partial charge in [0.25, 0.3) is 0 Å². The summed E-state index contributed by atoms with van der Waals surface area (Å²) >= 11 is 6.33. The standard InChI is InChI=1S/C18H28ClNO/c1-18(2,3)14-8-5-6-10-16(14)20-12-13-15(19)9-7-11-17(13)21-4/h7,9,11,14,16,20H,5-6,8,10,12H2,1-4H3. The van der Waals surface area contributed by atoms with Crippen molar-refractivity contribution in [2.45, 2.75) is 59.0 Å². The van der Waals surface area contributed by atoms with Crippen LogP contribution in [0.4, 0.5) is 0 Å². The van der Waals surface area contributed by atoms with E-state index < -0.39 is 0 Å². The van der Waals surface area contributed by atoms with Crippen LogP contribution in [-0.4, -0.2) is 13.2 Å². The summed E-state index contributed by atoms with van der Waals surface area (Å²) in [6.07, 6.45) is 5.26. The van der Waals surface area contributed by atoms with Gasteiger partial charge in [-0.25, -0.2) is 0 Å². The van der Waals surface area contributed by atoms with Crippen LogP contribution in [0.25, 0.3) is 0 Å². The molecule has 1 aliphatic carbocycles. The minimum Gasteiger partial charge on any atom is -0.496 e. The Morgan fingerprint density at radius 1 is 1.24 bits per heavy atom. The summed E-state index contributed by atoms with van der Waals surface area (Å²) in [5, 5.41) is 4.53. The van der Waals surface area contributed by atoms with E-state index in [1.807, 2.05) is 18.2 Å². The second-order valence-corrected chi connectivity index (χ2v) is 7.57. The molecule has 1 aromatic rings. The van der Waals surface area contributed by atoms with Gasteiger partial charge in [0.15, 0.2) is 0 Å². The first kappa shape index (κ1) is 16.6. The lowest BCUT2D eigenvalue weighted by molar-refractivity contribution is 0.130. The van der Waals surface area contributed by atoms with Crippen LogP contribution >= 0.6 is 11.6 Å². The first-order valence-electron chi connectivity index (χ1n) is 7.98. The molecule has 0 spiro atoms. The molecule has 2 nitrogen and oxygen atoms in total. The van der Waals surface area contributed by atoms with Crippen molar-refractivity contribution in [3.8, 4) is 5.75 Å². The number of hydrogen-bond donors (Lipinski definition) is 1. The molecule has 21 heavy (non-hydrogen) atoms. The molecule has 0 radical (unpaired) electrons. The molecule has 1 saturated carbocycles. The highest BCUT2D eigenvalue weighted by Gasteiger charge is 2.33. The van der Waals surface area contributed by atoms with E-state index in [-0.39, 0.29) is 0 Å². The molecular weight excluding hydrogens is 282 g/mol. The molecular formula is C18H28ClNO. The van der Waals surface area contributed by atoms with Gasteiger partial charge in [-0.3, -0.25) is 0 Å². The lowest BCUT2D eigenvalue weighted by Gasteiger charge is -2.41. The van der Waals surface area contributed by atoms with Gasteiger partial charge in [0, 0.05) is 23.2 Å². The molecule has 3 heteroatoms. The van der Waals surface area contributed by atoms with Crippen molar-refractivity contribution in [3.05, 3.63) is 28.8 Å². The first-order chi connectivity index (χ1) is 9.93. The summed E-state index contributed by atoms with van der Waals surface area (Å²) in [5.41, 5.74) is 1.42. The van der Waals surface area contributed by atoms with Crippen LogP contribution in [0.15, 0.2) is 18.2 Å². The molecule has 1 aromatic carbocycles. The molecule has 1 fully saturated rings. The van der Waals surface area contributed by atoms with E-state index >= 15 is 0 Å². The summed E-state index contributed by atoms with van der Waals surface area (Å²) in [4.78, 5) is 0. The molecule has 0 aromatic heterocycles. The molecule has 0 heterocycles. The molecule has 2 atom stereocenters. The van der Waals surface area contributed by atoms with Gasteiger partial charge in [0.1, 0.15) is 5.75 Å². The second kappa shape index (κ2) is 7.02. The maximum absolute atomic E-state index is 6.33. The van der Waals surface area contributed by atoms with E-state index in [9.17, 15) is 0 Å². The number of benzene rings is 1. The normalized spacial score (nSPS) is 23.1.